The quantitative estimate of drug-likeness (QED) is 0.285. The summed E-state index contributed by atoms with van der Waals surface area (Å²) in [7, 11) is 0. The van der Waals surface area contributed by atoms with Crippen molar-refractivity contribution in [3.8, 4) is 16.9 Å². The molecule has 0 fully saturated rings. The molecule has 0 unspecified atom stereocenters. The van der Waals surface area contributed by atoms with Gasteiger partial charge in [-0.15, -0.1) is 6.58 Å². The summed E-state index contributed by atoms with van der Waals surface area (Å²) in [5.41, 5.74) is 6.15. The fraction of sp³-hybridized carbons (Fsp3) is 0.323. The Morgan fingerprint density at radius 2 is 2.05 bits per heavy atom. The van der Waals surface area contributed by atoms with Crippen LogP contribution in [0.25, 0.3) is 32.9 Å². The van der Waals surface area contributed by atoms with E-state index in [1.54, 1.807) is 0 Å². The van der Waals surface area contributed by atoms with E-state index in [2.05, 4.69) is 6.58 Å². The van der Waals surface area contributed by atoms with E-state index in [0.717, 1.165) is 69.2 Å². The normalized spacial score (nSPS) is 13.9. The van der Waals surface area contributed by atoms with Gasteiger partial charge in [-0.2, -0.15) is 0 Å². The zero-order valence-electron chi connectivity index (χ0n) is 21.8. The Hall–Kier alpha value is -3.77. The summed E-state index contributed by atoms with van der Waals surface area (Å²) < 4.78 is 12.1. The predicted octanol–water partition coefficient (Wildman–Crippen LogP) is 6.75. The monoisotopic (exact) mass is 496 g/mol. The molecule has 3 heterocycles. The van der Waals surface area contributed by atoms with Gasteiger partial charge in [0.1, 0.15) is 5.75 Å². The van der Waals surface area contributed by atoms with Crippen LogP contribution in [0.3, 0.4) is 0 Å². The second-order valence-corrected chi connectivity index (χ2v) is 10.5. The summed E-state index contributed by atoms with van der Waals surface area (Å²) in [6, 6.07) is 12.0. The number of carboxylic acids is 1. The number of ether oxygens (including phenoxy) is 2. The largest absolute Gasteiger partial charge is 0.493 e. The number of carbonyl (C=O) groups is 1. The molecule has 1 aliphatic rings. The van der Waals surface area contributed by atoms with E-state index in [9.17, 15) is 9.90 Å². The van der Waals surface area contributed by atoms with E-state index in [1.807, 2.05) is 76.4 Å². The van der Waals surface area contributed by atoms with Crippen LogP contribution in [0.15, 0.2) is 55.3 Å². The van der Waals surface area contributed by atoms with Gasteiger partial charge in [-0.1, -0.05) is 12.1 Å². The Balaban J connectivity index is 1.87. The zero-order valence-corrected chi connectivity index (χ0v) is 21.8. The molecule has 5 rings (SSSR count). The van der Waals surface area contributed by atoms with Crippen LogP contribution in [-0.4, -0.2) is 33.3 Å². The number of aryl methyl sites for hydroxylation is 2. The van der Waals surface area contributed by atoms with Crippen molar-refractivity contribution in [1.82, 2.24) is 9.97 Å². The highest BCUT2D eigenvalue weighted by molar-refractivity contribution is 6.08. The second kappa shape index (κ2) is 9.60. The fourth-order valence-corrected chi connectivity index (χ4v) is 5.17. The molecule has 4 aromatic rings. The van der Waals surface area contributed by atoms with E-state index in [4.69, 9.17) is 19.4 Å². The molecular weight excluding hydrogens is 464 g/mol. The van der Waals surface area contributed by atoms with Crippen molar-refractivity contribution >= 4 is 27.8 Å². The molecule has 0 saturated carbocycles. The van der Waals surface area contributed by atoms with Gasteiger partial charge in [-0.25, -0.2) is 4.79 Å². The Labute approximate surface area is 217 Å². The van der Waals surface area contributed by atoms with Crippen molar-refractivity contribution in [3.63, 3.8) is 0 Å². The van der Waals surface area contributed by atoms with Crippen molar-refractivity contribution in [2.75, 3.05) is 6.61 Å². The van der Waals surface area contributed by atoms with Crippen molar-refractivity contribution in [2.24, 2.45) is 0 Å². The highest BCUT2D eigenvalue weighted by atomic mass is 16.5. The number of rotatable bonds is 7. The number of hydrogen-bond acceptors (Lipinski definition) is 5. The van der Waals surface area contributed by atoms with E-state index in [-0.39, 0.29) is 0 Å². The lowest BCUT2D eigenvalue weighted by Gasteiger charge is -2.29. The molecule has 0 spiro atoms. The number of aromatic nitrogens is 2. The molecule has 1 atom stereocenters. The van der Waals surface area contributed by atoms with Crippen LogP contribution in [0.1, 0.15) is 55.7 Å². The first-order chi connectivity index (χ1) is 17.7. The molecule has 0 amide bonds. The van der Waals surface area contributed by atoms with E-state index >= 15 is 0 Å². The summed E-state index contributed by atoms with van der Waals surface area (Å²) in [6.45, 7) is 12.0. The predicted molar refractivity (Wildman–Crippen MR) is 146 cm³/mol. The Kier molecular flexibility index (Phi) is 6.46. The van der Waals surface area contributed by atoms with E-state index < -0.39 is 17.7 Å². The number of pyridine rings is 2. The minimum atomic E-state index is -1.16. The van der Waals surface area contributed by atoms with Crippen LogP contribution in [0.4, 0.5) is 0 Å². The number of benzene rings is 2. The second-order valence-electron chi connectivity index (χ2n) is 10.5. The minimum absolute atomic E-state index is 0.620. The Morgan fingerprint density at radius 3 is 2.78 bits per heavy atom. The van der Waals surface area contributed by atoms with Crippen molar-refractivity contribution in [1.29, 1.82) is 0 Å². The summed E-state index contributed by atoms with van der Waals surface area (Å²) in [5.74, 6) is -0.231. The first-order valence-corrected chi connectivity index (χ1v) is 12.7. The Morgan fingerprint density at radius 1 is 1.24 bits per heavy atom. The smallest absolute Gasteiger partial charge is 0.337 e. The van der Waals surface area contributed by atoms with Crippen molar-refractivity contribution in [2.45, 2.75) is 58.7 Å². The molecule has 0 bridgehead atoms. The standard InChI is InChI=1S/C31H32N2O4/c1-6-7-8-20-9-10-21-23(33-20)17-18(2)25(29(30(34)35)37-31(3,4)5)27(21)22-11-12-24-26-19(14-16-36-24)13-15-32-28(22)26/h6,9-13,15,17,29H,1,7-8,14,16H2,2-5H3,(H,34,35)/t29-/m0/s1. The van der Waals surface area contributed by atoms with Gasteiger partial charge < -0.3 is 14.6 Å². The van der Waals surface area contributed by atoms with Gasteiger partial charge in [0, 0.05) is 40.2 Å². The van der Waals surface area contributed by atoms with Crippen LogP contribution in [-0.2, 0) is 22.4 Å². The third kappa shape index (κ3) is 4.69. The third-order valence-corrected chi connectivity index (χ3v) is 6.70. The molecule has 37 heavy (non-hydrogen) atoms. The van der Waals surface area contributed by atoms with Crippen LogP contribution >= 0.6 is 0 Å². The van der Waals surface area contributed by atoms with Crippen molar-refractivity contribution < 1.29 is 19.4 Å². The van der Waals surface area contributed by atoms with Gasteiger partial charge in [0.05, 0.1) is 23.2 Å². The molecule has 2 aromatic heterocycles. The van der Waals surface area contributed by atoms with Gasteiger partial charge in [-0.3, -0.25) is 9.97 Å². The van der Waals surface area contributed by atoms with Crippen LogP contribution in [0.2, 0.25) is 0 Å². The van der Waals surface area contributed by atoms with Gasteiger partial charge >= 0.3 is 5.97 Å². The highest BCUT2D eigenvalue weighted by Crippen LogP contribution is 2.44. The Bertz CT molecular complexity index is 1520. The summed E-state index contributed by atoms with van der Waals surface area (Å²) in [5, 5.41) is 12.2. The average Bonchev–Trinajstić information content (AvgIpc) is 2.85. The van der Waals surface area contributed by atoms with Gasteiger partial charge in [-0.05, 0) is 87.6 Å². The maximum atomic E-state index is 12.7. The molecule has 0 aliphatic carbocycles. The minimum Gasteiger partial charge on any atom is -0.493 e. The lowest BCUT2D eigenvalue weighted by atomic mass is 9.86. The van der Waals surface area contributed by atoms with Gasteiger partial charge in [0.15, 0.2) is 6.10 Å². The highest BCUT2D eigenvalue weighted by Gasteiger charge is 2.32. The molecule has 2 aromatic carbocycles. The number of carboxylic acid groups (broad SMARTS) is 1. The molecule has 0 radical (unpaired) electrons. The number of allylic oxidation sites excluding steroid dienone is 1. The number of aliphatic carboxylic acids is 1. The first-order valence-electron chi connectivity index (χ1n) is 12.7. The summed E-state index contributed by atoms with van der Waals surface area (Å²) in [6.07, 6.45) is 4.97. The van der Waals surface area contributed by atoms with Crippen LogP contribution in [0, 0.1) is 6.92 Å². The molecular formula is C31H32N2O4. The molecule has 0 saturated heterocycles. The third-order valence-electron chi connectivity index (χ3n) is 6.70. The molecule has 6 nitrogen and oxygen atoms in total. The van der Waals surface area contributed by atoms with Gasteiger partial charge in [0.25, 0.3) is 0 Å². The lowest BCUT2D eigenvalue weighted by Crippen LogP contribution is -2.28. The topological polar surface area (TPSA) is 81.5 Å². The molecule has 190 valence electrons. The summed E-state index contributed by atoms with van der Waals surface area (Å²) in [4.78, 5) is 22.4. The SMILES string of the molecule is C=CCCc1ccc2c(-c3ccc4c5c(ccnc35)CCO4)c([C@H](OC(C)(C)C)C(=O)O)c(C)cc2n1. The van der Waals surface area contributed by atoms with E-state index in [1.165, 1.54) is 5.56 Å². The molecule has 1 N–H and O–H groups in total. The molecule has 1 aliphatic heterocycles. The van der Waals surface area contributed by atoms with Gasteiger partial charge in [0.2, 0.25) is 0 Å². The van der Waals surface area contributed by atoms with E-state index in [0.29, 0.717) is 12.2 Å². The maximum absolute atomic E-state index is 12.7. The maximum Gasteiger partial charge on any atom is 0.337 e. The number of nitrogens with zero attached hydrogens (tertiary/aromatic N) is 2. The molecule has 6 heteroatoms. The lowest BCUT2D eigenvalue weighted by molar-refractivity contribution is -0.160. The number of fused-ring (bicyclic) bond motifs is 1. The average molecular weight is 497 g/mol. The summed E-state index contributed by atoms with van der Waals surface area (Å²) >= 11 is 0. The first kappa shape index (κ1) is 24.9. The number of hydrogen-bond donors (Lipinski definition) is 1. The zero-order chi connectivity index (χ0) is 26.3. The van der Waals surface area contributed by atoms with Crippen LogP contribution < -0.4 is 4.74 Å². The van der Waals surface area contributed by atoms with Crippen molar-refractivity contribution in [3.05, 3.63) is 77.6 Å². The fourth-order valence-electron chi connectivity index (χ4n) is 5.17. The van der Waals surface area contributed by atoms with Crippen LogP contribution in [0.5, 0.6) is 5.75 Å².